The molecule has 2 nitrogen and oxygen atoms in total. The smallest absolute Gasteiger partial charge is 0.119 e. The lowest BCUT2D eigenvalue weighted by Gasteiger charge is -2.19. The largest absolute Gasteiger partial charge is 0.494 e. The normalized spacial score (nSPS) is 14.2. The maximum absolute atomic E-state index is 5.95. The van der Waals surface area contributed by atoms with Gasteiger partial charge in [-0.3, -0.25) is 4.99 Å². The number of hydrogen-bond donors (Lipinski definition) is 0. The number of nitrogens with zero attached hydrogens (tertiary/aromatic N) is 1. The third-order valence-corrected chi connectivity index (χ3v) is 4.69. The molecule has 0 atom stereocenters. The van der Waals surface area contributed by atoms with Crippen LogP contribution in [0.3, 0.4) is 0 Å². The minimum Gasteiger partial charge on any atom is -0.494 e. The molecule has 0 amide bonds. The van der Waals surface area contributed by atoms with Gasteiger partial charge >= 0.3 is 0 Å². The van der Waals surface area contributed by atoms with Crippen molar-refractivity contribution in [1.82, 2.24) is 0 Å². The Labute approximate surface area is 161 Å². The van der Waals surface area contributed by atoms with Gasteiger partial charge in [0.15, 0.2) is 0 Å². The Hall–Kier alpha value is -2.06. The van der Waals surface area contributed by atoms with Crippen molar-refractivity contribution >= 4 is 23.4 Å². The van der Waals surface area contributed by atoms with E-state index >= 15 is 0 Å². The molecule has 2 aromatic rings. The van der Waals surface area contributed by atoms with Crippen molar-refractivity contribution in [3.8, 4) is 5.75 Å². The van der Waals surface area contributed by atoms with Crippen LogP contribution in [0.25, 0.3) is 6.08 Å². The monoisotopic (exact) mass is 367 g/mol. The first-order valence-electron chi connectivity index (χ1n) is 9.15. The van der Waals surface area contributed by atoms with E-state index in [1.807, 2.05) is 24.3 Å². The number of ether oxygens (including phenoxy) is 1. The second-order valence-corrected chi connectivity index (χ2v) is 8.32. The highest BCUT2D eigenvalue weighted by Crippen LogP contribution is 2.25. The summed E-state index contributed by atoms with van der Waals surface area (Å²) in [5.74, 6) is 0.955. The van der Waals surface area contributed by atoms with Gasteiger partial charge in [0.05, 0.1) is 12.3 Å². The zero-order valence-corrected chi connectivity index (χ0v) is 16.5. The molecule has 0 fully saturated rings. The number of allylic oxidation sites excluding steroid dienone is 1. The van der Waals surface area contributed by atoms with E-state index < -0.39 is 0 Å². The molecule has 1 heterocycles. The number of fused-ring (bicyclic) bond motifs is 1. The van der Waals surface area contributed by atoms with Gasteiger partial charge < -0.3 is 4.74 Å². The maximum Gasteiger partial charge on any atom is 0.119 e. The lowest BCUT2D eigenvalue weighted by Crippen LogP contribution is -2.13. The number of aliphatic imine (C=N–C) groups is 1. The van der Waals surface area contributed by atoms with Crippen molar-refractivity contribution in [2.45, 2.75) is 33.6 Å². The van der Waals surface area contributed by atoms with Gasteiger partial charge in [0.25, 0.3) is 0 Å². The molecule has 0 aliphatic carbocycles. The molecule has 0 radical (unpaired) electrons. The van der Waals surface area contributed by atoms with Crippen LogP contribution in [0.2, 0.25) is 5.02 Å². The lowest BCUT2D eigenvalue weighted by atomic mass is 9.93. The Morgan fingerprint density at radius 1 is 1.08 bits per heavy atom. The summed E-state index contributed by atoms with van der Waals surface area (Å²) in [7, 11) is 0. The van der Waals surface area contributed by atoms with Crippen LogP contribution in [0, 0.1) is 5.41 Å². The van der Waals surface area contributed by atoms with E-state index in [9.17, 15) is 0 Å². The number of hydrogen-bond acceptors (Lipinski definition) is 2. The summed E-state index contributed by atoms with van der Waals surface area (Å²) in [5, 5.41) is 0.751. The van der Waals surface area contributed by atoms with Gasteiger partial charge in [-0.25, -0.2) is 0 Å². The van der Waals surface area contributed by atoms with Crippen molar-refractivity contribution in [3.63, 3.8) is 0 Å². The zero-order valence-electron chi connectivity index (χ0n) is 15.8. The minimum atomic E-state index is 0.292. The highest BCUT2D eigenvalue weighted by Gasteiger charge is 2.14. The summed E-state index contributed by atoms with van der Waals surface area (Å²) in [6.07, 6.45) is 6.17. The molecule has 0 saturated heterocycles. The maximum atomic E-state index is 5.95. The first-order chi connectivity index (χ1) is 12.4. The van der Waals surface area contributed by atoms with Crippen molar-refractivity contribution in [1.29, 1.82) is 0 Å². The summed E-state index contributed by atoms with van der Waals surface area (Å²) in [6, 6.07) is 14.2. The summed E-state index contributed by atoms with van der Waals surface area (Å²) < 4.78 is 5.95. The second-order valence-electron chi connectivity index (χ2n) is 7.88. The van der Waals surface area contributed by atoms with Crippen LogP contribution < -0.4 is 4.74 Å². The lowest BCUT2D eigenvalue weighted by molar-refractivity contribution is 0.243. The molecule has 2 aromatic carbocycles. The molecule has 1 aliphatic heterocycles. The Bertz CT molecular complexity index is 813. The van der Waals surface area contributed by atoms with Gasteiger partial charge in [-0.15, -0.1) is 0 Å². The Balaban J connectivity index is 1.70. The summed E-state index contributed by atoms with van der Waals surface area (Å²) >= 11 is 5.94. The van der Waals surface area contributed by atoms with Crippen molar-refractivity contribution in [2.75, 3.05) is 13.2 Å². The van der Waals surface area contributed by atoms with E-state index in [1.54, 1.807) is 0 Å². The predicted molar refractivity (Wildman–Crippen MR) is 112 cm³/mol. The minimum absolute atomic E-state index is 0.292. The fourth-order valence-corrected chi connectivity index (χ4v) is 2.99. The van der Waals surface area contributed by atoms with Gasteiger partial charge in [0.1, 0.15) is 5.75 Å². The standard InChI is InChI=1S/C23H26ClNO/c1-23(2,3)13-15-26-20-9-10-21-18(16-20)12-14-25-22(21)11-6-17-4-7-19(24)8-5-17/h4-11,16H,12-15H2,1-3H3/b11-6+. The topological polar surface area (TPSA) is 21.6 Å². The second kappa shape index (κ2) is 8.09. The number of benzene rings is 2. The van der Waals surface area contributed by atoms with E-state index in [0.29, 0.717) is 5.41 Å². The first-order valence-corrected chi connectivity index (χ1v) is 9.53. The fraction of sp³-hybridized carbons (Fsp3) is 0.348. The molecule has 0 unspecified atom stereocenters. The van der Waals surface area contributed by atoms with E-state index in [1.165, 1.54) is 11.1 Å². The van der Waals surface area contributed by atoms with Crippen molar-refractivity contribution < 1.29 is 4.74 Å². The van der Waals surface area contributed by atoms with Gasteiger partial charge in [-0.05, 0) is 65.8 Å². The highest BCUT2D eigenvalue weighted by molar-refractivity contribution is 6.30. The summed E-state index contributed by atoms with van der Waals surface area (Å²) in [5.41, 5.74) is 4.95. The molecule has 136 valence electrons. The Kier molecular flexibility index (Phi) is 5.83. The van der Waals surface area contributed by atoms with Gasteiger partial charge in [-0.2, -0.15) is 0 Å². The molecule has 0 N–H and O–H groups in total. The predicted octanol–water partition coefficient (Wildman–Crippen LogP) is 6.21. The first kappa shape index (κ1) is 18.7. The molecule has 3 rings (SSSR count). The van der Waals surface area contributed by atoms with Crippen LogP contribution in [-0.4, -0.2) is 18.9 Å². The summed E-state index contributed by atoms with van der Waals surface area (Å²) in [6.45, 7) is 8.27. The summed E-state index contributed by atoms with van der Waals surface area (Å²) in [4.78, 5) is 4.69. The molecule has 0 bridgehead atoms. The van der Waals surface area contributed by atoms with Crippen LogP contribution in [-0.2, 0) is 6.42 Å². The Morgan fingerprint density at radius 2 is 1.85 bits per heavy atom. The highest BCUT2D eigenvalue weighted by atomic mass is 35.5. The van der Waals surface area contributed by atoms with E-state index in [4.69, 9.17) is 21.3 Å². The number of halogens is 1. The van der Waals surface area contributed by atoms with E-state index in [-0.39, 0.29) is 0 Å². The molecular formula is C23H26ClNO. The quantitative estimate of drug-likeness (QED) is 0.615. The third-order valence-electron chi connectivity index (χ3n) is 4.44. The fourth-order valence-electron chi connectivity index (χ4n) is 2.87. The van der Waals surface area contributed by atoms with Gasteiger partial charge in [-0.1, -0.05) is 50.6 Å². The molecule has 0 aromatic heterocycles. The van der Waals surface area contributed by atoms with E-state index in [0.717, 1.165) is 48.0 Å². The third kappa shape index (κ3) is 5.22. The average molecular weight is 368 g/mol. The molecule has 0 saturated carbocycles. The van der Waals surface area contributed by atoms with Crippen molar-refractivity contribution in [3.05, 3.63) is 70.3 Å². The van der Waals surface area contributed by atoms with Crippen LogP contribution in [0.4, 0.5) is 0 Å². The van der Waals surface area contributed by atoms with Crippen LogP contribution in [0.5, 0.6) is 5.75 Å². The molecular weight excluding hydrogens is 342 g/mol. The van der Waals surface area contributed by atoms with Crippen molar-refractivity contribution in [2.24, 2.45) is 10.4 Å². The van der Waals surface area contributed by atoms with E-state index in [2.05, 4.69) is 51.1 Å². The number of rotatable bonds is 5. The zero-order chi connectivity index (χ0) is 18.6. The average Bonchev–Trinajstić information content (AvgIpc) is 2.60. The molecule has 26 heavy (non-hydrogen) atoms. The molecule has 0 spiro atoms. The Morgan fingerprint density at radius 3 is 2.58 bits per heavy atom. The SMILES string of the molecule is CC(C)(C)CCOc1ccc2c(c1)CCN=C2/C=C/c1ccc(Cl)cc1. The van der Waals surface area contributed by atoms with Crippen LogP contribution in [0.1, 0.15) is 43.9 Å². The van der Waals surface area contributed by atoms with Crippen LogP contribution in [0.15, 0.2) is 53.5 Å². The van der Waals surface area contributed by atoms with Gasteiger partial charge in [0.2, 0.25) is 0 Å². The van der Waals surface area contributed by atoms with Gasteiger partial charge in [0, 0.05) is 17.1 Å². The molecule has 1 aliphatic rings. The molecule has 3 heteroatoms. The van der Waals surface area contributed by atoms with Crippen LogP contribution >= 0.6 is 11.6 Å².